The summed E-state index contributed by atoms with van der Waals surface area (Å²) >= 11 is 1.29. The van der Waals surface area contributed by atoms with Gasteiger partial charge in [0.05, 0.1) is 14.2 Å². The van der Waals surface area contributed by atoms with Gasteiger partial charge in [0, 0.05) is 19.2 Å². The Labute approximate surface area is 172 Å². The average molecular weight is 414 g/mol. The number of amides is 1. The highest BCUT2D eigenvalue weighted by Crippen LogP contribution is 2.28. The number of carbonyl (C=O) groups excluding carboxylic acids is 1. The molecule has 9 heteroatoms. The average Bonchev–Trinajstić information content (AvgIpc) is 3.17. The first-order chi connectivity index (χ1) is 13.9. The maximum atomic E-state index is 12.4. The Balaban J connectivity index is 1.65. The van der Waals surface area contributed by atoms with Gasteiger partial charge < -0.3 is 14.0 Å². The molecular weight excluding hydrogens is 392 g/mol. The molecule has 0 bridgehead atoms. The van der Waals surface area contributed by atoms with Gasteiger partial charge in [0.2, 0.25) is 5.13 Å². The summed E-state index contributed by atoms with van der Waals surface area (Å²) in [6, 6.07) is 9.01. The summed E-state index contributed by atoms with van der Waals surface area (Å²) in [6.07, 6.45) is 1.40. The first-order valence-corrected chi connectivity index (χ1v) is 9.76. The zero-order valence-electron chi connectivity index (χ0n) is 16.7. The van der Waals surface area contributed by atoms with Crippen molar-refractivity contribution in [2.24, 2.45) is 7.05 Å². The van der Waals surface area contributed by atoms with Gasteiger partial charge in [0.15, 0.2) is 11.5 Å². The van der Waals surface area contributed by atoms with Gasteiger partial charge in [-0.15, -0.1) is 10.2 Å². The lowest BCUT2D eigenvalue weighted by atomic mass is 10.1. The van der Waals surface area contributed by atoms with Crippen LogP contribution in [0, 0.1) is 6.92 Å². The van der Waals surface area contributed by atoms with E-state index < -0.39 is 5.91 Å². The number of aromatic nitrogens is 3. The van der Waals surface area contributed by atoms with Crippen LogP contribution in [0.25, 0.3) is 0 Å². The van der Waals surface area contributed by atoms with Crippen molar-refractivity contribution in [1.82, 2.24) is 14.8 Å². The minimum Gasteiger partial charge on any atom is -0.493 e. The molecule has 0 aliphatic heterocycles. The third-order valence-electron chi connectivity index (χ3n) is 4.56. The molecule has 0 atom stereocenters. The molecule has 0 aliphatic carbocycles. The summed E-state index contributed by atoms with van der Waals surface area (Å²) in [5, 5.41) is 11.9. The molecule has 1 aromatic carbocycles. The zero-order valence-corrected chi connectivity index (χ0v) is 17.5. The molecule has 0 saturated carbocycles. The quantitative estimate of drug-likeness (QED) is 0.639. The number of rotatable bonds is 7. The molecule has 1 N–H and O–H groups in total. The van der Waals surface area contributed by atoms with E-state index in [4.69, 9.17) is 9.47 Å². The lowest BCUT2D eigenvalue weighted by molar-refractivity contribution is 0.102. The Morgan fingerprint density at radius 3 is 2.59 bits per heavy atom. The highest BCUT2D eigenvalue weighted by molar-refractivity contribution is 7.15. The number of pyridine rings is 1. The van der Waals surface area contributed by atoms with Gasteiger partial charge in [0.25, 0.3) is 11.5 Å². The SMILES string of the molecule is COc1ccc(CCc2nnc(NC(=O)c3ccc(C)n(C)c3=O)s2)cc1OC. The van der Waals surface area contributed by atoms with Crippen molar-refractivity contribution >= 4 is 22.4 Å². The van der Waals surface area contributed by atoms with Gasteiger partial charge in [-0.25, -0.2) is 0 Å². The van der Waals surface area contributed by atoms with Crippen LogP contribution in [-0.4, -0.2) is 34.9 Å². The number of carbonyl (C=O) groups is 1. The Kier molecular flexibility index (Phi) is 6.28. The van der Waals surface area contributed by atoms with Crippen molar-refractivity contribution in [2.75, 3.05) is 19.5 Å². The Morgan fingerprint density at radius 2 is 1.86 bits per heavy atom. The standard InChI is InChI=1S/C20H22N4O4S/c1-12-5-8-14(19(26)24(12)2)18(25)21-20-23-22-17(29-20)10-7-13-6-9-15(27-3)16(11-13)28-4/h5-6,8-9,11H,7,10H2,1-4H3,(H,21,23,25). The van der Waals surface area contributed by atoms with E-state index in [2.05, 4.69) is 15.5 Å². The van der Waals surface area contributed by atoms with Crippen LogP contribution in [0.5, 0.6) is 11.5 Å². The largest absolute Gasteiger partial charge is 0.493 e. The smallest absolute Gasteiger partial charge is 0.263 e. The topological polar surface area (TPSA) is 95.3 Å². The number of anilines is 1. The number of hydrogen-bond donors (Lipinski definition) is 1. The van der Waals surface area contributed by atoms with Crippen molar-refractivity contribution in [1.29, 1.82) is 0 Å². The fourth-order valence-electron chi connectivity index (χ4n) is 2.76. The highest BCUT2D eigenvalue weighted by Gasteiger charge is 2.15. The molecule has 2 aromatic heterocycles. The minimum atomic E-state index is -0.492. The third kappa shape index (κ3) is 4.62. The van der Waals surface area contributed by atoms with Gasteiger partial charge >= 0.3 is 0 Å². The van der Waals surface area contributed by atoms with E-state index in [1.807, 2.05) is 18.2 Å². The molecule has 1 amide bonds. The van der Waals surface area contributed by atoms with Crippen LogP contribution in [-0.2, 0) is 19.9 Å². The van der Waals surface area contributed by atoms with Gasteiger partial charge in [-0.2, -0.15) is 0 Å². The second-order valence-corrected chi connectivity index (χ2v) is 7.46. The second kappa shape index (κ2) is 8.87. The number of nitrogens with one attached hydrogen (secondary N) is 1. The fourth-order valence-corrected chi connectivity index (χ4v) is 3.49. The molecule has 0 aliphatic rings. The normalized spacial score (nSPS) is 10.6. The van der Waals surface area contributed by atoms with Crippen molar-refractivity contribution in [3.63, 3.8) is 0 Å². The van der Waals surface area contributed by atoms with E-state index in [0.29, 0.717) is 23.1 Å². The molecule has 2 heterocycles. The molecule has 29 heavy (non-hydrogen) atoms. The molecule has 0 unspecified atom stereocenters. The monoisotopic (exact) mass is 414 g/mol. The predicted octanol–water partition coefficient (Wildman–Crippen LogP) is 2.60. The summed E-state index contributed by atoms with van der Waals surface area (Å²) in [7, 11) is 4.83. The van der Waals surface area contributed by atoms with Crippen LogP contribution >= 0.6 is 11.3 Å². The minimum absolute atomic E-state index is 0.0696. The number of methoxy groups -OCH3 is 2. The van der Waals surface area contributed by atoms with E-state index in [1.165, 1.54) is 22.0 Å². The Bertz CT molecular complexity index is 1090. The molecule has 0 spiro atoms. The molecule has 0 radical (unpaired) electrons. The summed E-state index contributed by atoms with van der Waals surface area (Å²) in [6.45, 7) is 1.80. The molecular formula is C20H22N4O4S. The van der Waals surface area contributed by atoms with Crippen molar-refractivity contribution in [3.8, 4) is 11.5 Å². The van der Waals surface area contributed by atoms with Crippen LogP contribution in [0.2, 0.25) is 0 Å². The summed E-state index contributed by atoms with van der Waals surface area (Å²) in [4.78, 5) is 24.6. The predicted molar refractivity (Wildman–Crippen MR) is 111 cm³/mol. The molecule has 0 fully saturated rings. The van der Waals surface area contributed by atoms with E-state index in [0.717, 1.165) is 22.7 Å². The van der Waals surface area contributed by atoms with E-state index in [-0.39, 0.29) is 11.1 Å². The van der Waals surface area contributed by atoms with Gasteiger partial charge in [0.1, 0.15) is 10.6 Å². The third-order valence-corrected chi connectivity index (χ3v) is 5.46. The van der Waals surface area contributed by atoms with Crippen LogP contribution in [0.3, 0.4) is 0 Å². The van der Waals surface area contributed by atoms with Crippen LogP contribution in [0.1, 0.15) is 26.6 Å². The Morgan fingerprint density at radius 1 is 1.10 bits per heavy atom. The molecule has 3 rings (SSSR count). The second-order valence-electron chi connectivity index (χ2n) is 6.40. The maximum Gasteiger partial charge on any atom is 0.263 e. The van der Waals surface area contributed by atoms with Gasteiger partial charge in [-0.1, -0.05) is 17.4 Å². The molecule has 0 saturated heterocycles. The number of aryl methyl sites for hydroxylation is 3. The van der Waals surface area contributed by atoms with E-state index >= 15 is 0 Å². The van der Waals surface area contributed by atoms with Crippen molar-refractivity contribution in [2.45, 2.75) is 19.8 Å². The first-order valence-electron chi connectivity index (χ1n) is 8.94. The highest BCUT2D eigenvalue weighted by atomic mass is 32.1. The Hall–Kier alpha value is -3.20. The van der Waals surface area contributed by atoms with Crippen molar-refractivity contribution < 1.29 is 14.3 Å². The lowest BCUT2D eigenvalue weighted by Crippen LogP contribution is -2.28. The van der Waals surface area contributed by atoms with Gasteiger partial charge in [-0.3, -0.25) is 14.9 Å². The van der Waals surface area contributed by atoms with Crippen LogP contribution < -0.4 is 20.3 Å². The van der Waals surface area contributed by atoms with E-state index in [1.54, 1.807) is 34.3 Å². The van der Waals surface area contributed by atoms with E-state index in [9.17, 15) is 9.59 Å². The van der Waals surface area contributed by atoms with Gasteiger partial charge in [-0.05, 0) is 43.2 Å². The number of nitrogens with zero attached hydrogens (tertiary/aromatic N) is 3. The van der Waals surface area contributed by atoms with Crippen LogP contribution in [0.15, 0.2) is 35.1 Å². The summed E-state index contributed by atoms with van der Waals surface area (Å²) in [5.41, 5.74) is 1.58. The first kappa shape index (κ1) is 20.5. The summed E-state index contributed by atoms with van der Waals surface area (Å²) in [5.74, 6) is 0.863. The zero-order chi connectivity index (χ0) is 21.0. The van der Waals surface area contributed by atoms with Crippen molar-refractivity contribution in [3.05, 3.63) is 62.5 Å². The maximum absolute atomic E-state index is 12.4. The number of ether oxygens (including phenoxy) is 2. The fraction of sp³-hybridized carbons (Fsp3) is 0.300. The number of hydrogen-bond acceptors (Lipinski definition) is 7. The van der Waals surface area contributed by atoms with Crippen LogP contribution in [0.4, 0.5) is 5.13 Å². The lowest BCUT2D eigenvalue weighted by Gasteiger charge is -2.09. The number of benzene rings is 1. The molecule has 152 valence electrons. The molecule has 3 aromatic rings. The molecule has 8 nitrogen and oxygen atoms in total. The summed E-state index contributed by atoms with van der Waals surface area (Å²) < 4.78 is 12.0.